The molecule has 0 amide bonds. The molecule has 3 rings (SSSR count). The SMILES string of the molecule is CC(C)C1=CC2=CCC3[C@](C)(C(=O)O)CCC[C@]3(C)[C@H]2CC1.N. The maximum atomic E-state index is 11.9. The highest BCUT2D eigenvalue weighted by atomic mass is 16.4. The third-order valence-corrected chi connectivity index (χ3v) is 7.07. The van der Waals surface area contributed by atoms with Crippen LogP contribution in [0.3, 0.4) is 0 Å². The molecule has 0 spiro atoms. The zero-order chi connectivity index (χ0) is 16.1. The number of allylic oxidation sites excluding steroid dienone is 4. The molecule has 3 aliphatic rings. The Morgan fingerprint density at radius 3 is 2.61 bits per heavy atom. The molecular weight excluding hydrogens is 286 g/mol. The Morgan fingerprint density at radius 1 is 1.30 bits per heavy atom. The van der Waals surface area contributed by atoms with Crippen molar-refractivity contribution in [3.8, 4) is 0 Å². The molecule has 1 fully saturated rings. The van der Waals surface area contributed by atoms with Crippen LogP contribution in [0.15, 0.2) is 23.3 Å². The molecule has 1 saturated carbocycles. The fourth-order valence-electron chi connectivity index (χ4n) is 5.60. The zero-order valence-corrected chi connectivity index (χ0v) is 15.2. The van der Waals surface area contributed by atoms with Crippen molar-refractivity contribution in [2.24, 2.45) is 28.6 Å². The zero-order valence-electron chi connectivity index (χ0n) is 15.2. The van der Waals surface area contributed by atoms with Crippen molar-refractivity contribution < 1.29 is 9.90 Å². The number of hydrogen-bond donors (Lipinski definition) is 2. The van der Waals surface area contributed by atoms with Crippen LogP contribution in [0.1, 0.15) is 66.2 Å². The van der Waals surface area contributed by atoms with Crippen LogP contribution >= 0.6 is 0 Å². The van der Waals surface area contributed by atoms with Crippen molar-refractivity contribution >= 4 is 5.97 Å². The first-order valence-corrected chi connectivity index (χ1v) is 8.93. The van der Waals surface area contributed by atoms with Gasteiger partial charge in [-0.25, -0.2) is 0 Å². The van der Waals surface area contributed by atoms with Gasteiger partial charge in [0.05, 0.1) is 5.41 Å². The standard InChI is InChI=1S/C20H30O2.H3N/c1-13(2)14-6-8-16-15(12-14)7-9-17-19(16,3)10-5-11-20(17,4)18(21)22;/h7,12-13,16-17H,5-6,8-11H2,1-4H3,(H,21,22);1H3/t16-,17?,19+,20+;/m0./s1. The number of rotatable bonds is 2. The van der Waals surface area contributed by atoms with Crippen LogP contribution in [0.4, 0.5) is 0 Å². The number of fused-ring (bicyclic) bond motifs is 3. The Morgan fingerprint density at radius 2 is 2.00 bits per heavy atom. The lowest BCUT2D eigenvalue weighted by Gasteiger charge is -2.57. The summed E-state index contributed by atoms with van der Waals surface area (Å²) in [6, 6.07) is 0. The number of carbonyl (C=O) groups is 1. The summed E-state index contributed by atoms with van der Waals surface area (Å²) >= 11 is 0. The molecule has 130 valence electrons. The Labute approximate surface area is 140 Å². The predicted molar refractivity (Wildman–Crippen MR) is 94.6 cm³/mol. The van der Waals surface area contributed by atoms with E-state index in [9.17, 15) is 9.90 Å². The van der Waals surface area contributed by atoms with Crippen molar-refractivity contribution in [1.29, 1.82) is 0 Å². The van der Waals surface area contributed by atoms with Crippen LogP contribution in [0, 0.1) is 28.6 Å². The van der Waals surface area contributed by atoms with Gasteiger partial charge in [-0.1, -0.05) is 44.9 Å². The molecule has 0 aliphatic heterocycles. The molecule has 0 aromatic rings. The van der Waals surface area contributed by atoms with Gasteiger partial charge >= 0.3 is 5.97 Å². The summed E-state index contributed by atoms with van der Waals surface area (Å²) in [6.45, 7) is 8.93. The van der Waals surface area contributed by atoms with Crippen molar-refractivity contribution in [3.05, 3.63) is 23.3 Å². The lowest BCUT2D eigenvalue weighted by Crippen LogP contribution is -2.53. The van der Waals surface area contributed by atoms with Gasteiger partial charge in [-0.3, -0.25) is 4.79 Å². The highest BCUT2D eigenvalue weighted by Gasteiger charge is 2.57. The van der Waals surface area contributed by atoms with Gasteiger partial charge in [0.1, 0.15) is 0 Å². The van der Waals surface area contributed by atoms with E-state index >= 15 is 0 Å². The summed E-state index contributed by atoms with van der Waals surface area (Å²) in [5.41, 5.74) is 2.69. The van der Waals surface area contributed by atoms with Gasteiger partial charge in [0, 0.05) is 0 Å². The molecule has 0 saturated heterocycles. The molecule has 0 heterocycles. The van der Waals surface area contributed by atoms with Crippen molar-refractivity contribution in [3.63, 3.8) is 0 Å². The molecule has 0 aromatic heterocycles. The van der Waals surface area contributed by atoms with Gasteiger partial charge in [-0.05, 0) is 67.8 Å². The quantitative estimate of drug-likeness (QED) is 0.718. The largest absolute Gasteiger partial charge is 0.481 e. The molecule has 23 heavy (non-hydrogen) atoms. The van der Waals surface area contributed by atoms with E-state index in [0.717, 1.165) is 19.3 Å². The third kappa shape index (κ3) is 2.67. The van der Waals surface area contributed by atoms with Crippen LogP contribution in [-0.4, -0.2) is 11.1 Å². The van der Waals surface area contributed by atoms with Crippen molar-refractivity contribution in [2.45, 2.75) is 66.2 Å². The summed E-state index contributed by atoms with van der Waals surface area (Å²) in [5, 5.41) is 9.83. The Hall–Kier alpha value is -1.09. The maximum Gasteiger partial charge on any atom is 0.309 e. The van der Waals surface area contributed by atoms with E-state index in [2.05, 4.69) is 32.9 Å². The van der Waals surface area contributed by atoms with Gasteiger partial charge in [-0.15, -0.1) is 0 Å². The van der Waals surface area contributed by atoms with E-state index in [-0.39, 0.29) is 17.5 Å². The molecule has 0 radical (unpaired) electrons. The monoisotopic (exact) mass is 319 g/mol. The number of carboxylic acids is 1. The molecule has 3 aliphatic carbocycles. The molecule has 0 aromatic carbocycles. The maximum absolute atomic E-state index is 11.9. The van der Waals surface area contributed by atoms with E-state index in [1.807, 2.05) is 6.92 Å². The third-order valence-electron chi connectivity index (χ3n) is 7.07. The Kier molecular flexibility index (Phi) is 4.83. The summed E-state index contributed by atoms with van der Waals surface area (Å²) in [6.07, 6.45) is 11.2. The average molecular weight is 319 g/mol. The molecule has 4 atom stereocenters. The van der Waals surface area contributed by atoms with Gasteiger partial charge in [0.15, 0.2) is 0 Å². The minimum atomic E-state index is -0.588. The molecule has 0 bridgehead atoms. The van der Waals surface area contributed by atoms with E-state index in [4.69, 9.17) is 0 Å². The fourth-order valence-corrected chi connectivity index (χ4v) is 5.60. The van der Waals surface area contributed by atoms with Gasteiger partial charge < -0.3 is 11.3 Å². The highest BCUT2D eigenvalue weighted by Crippen LogP contribution is 2.62. The smallest absolute Gasteiger partial charge is 0.309 e. The second-order valence-electron chi connectivity index (χ2n) is 8.54. The van der Waals surface area contributed by atoms with Crippen LogP contribution in [0.2, 0.25) is 0 Å². The lowest BCUT2D eigenvalue weighted by molar-refractivity contribution is -0.162. The van der Waals surface area contributed by atoms with E-state index in [0.29, 0.717) is 11.8 Å². The van der Waals surface area contributed by atoms with E-state index in [1.165, 1.54) is 24.8 Å². The summed E-state index contributed by atoms with van der Waals surface area (Å²) < 4.78 is 0. The normalized spacial score (nSPS) is 39.5. The first kappa shape index (κ1) is 18.3. The molecule has 3 nitrogen and oxygen atoms in total. The Bertz CT molecular complexity index is 548. The fraction of sp³-hybridized carbons (Fsp3) is 0.750. The lowest BCUT2D eigenvalue weighted by atomic mass is 9.47. The molecule has 1 unspecified atom stereocenters. The van der Waals surface area contributed by atoms with Crippen LogP contribution in [-0.2, 0) is 4.79 Å². The van der Waals surface area contributed by atoms with Crippen molar-refractivity contribution in [1.82, 2.24) is 6.15 Å². The minimum Gasteiger partial charge on any atom is -0.481 e. The van der Waals surface area contributed by atoms with Crippen molar-refractivity contribution in [2.75, 3.05) is 0 Å². The molecule has 3 heteroatoms. The topological polar surface area (TPSA) is 72.3 Å². The number of hydrogen-bond acceptors (Lipinski definition) is 2. The Balaban J connectivity index is 0.00000192. The predicted octanol–water partition coefficient (Wildman–Crippen LogP) is 5.37. The number of carboxylic acid groups (broad SMARTS) is 1. The minimum absolute atomic E-state index is 0. The van der Waals surface area contributed by atoms with Gasteiger partial charge in [0.2, 0.25) is 0 Å². The summed E-state index contributed by atoms with van der Waals surface area (Å²) in [5.74, 6) is 0.888. The van der Waals surface area contributed by atoms with Gasteiger partial charge in [-0.2, -0.15) is 0 Å². The van der Waals surface area contributed by atoms with E-state index in [1.54, 1.807) is 5.57 Å². The first-order valence-electron chi connectivity index (χ1n) is 8.93. The second-order valence-corrected chi connectivity index (χ2v) is 8.54. The molecule has 4 N–H and O–H groups in total. The average Bonchev–Trinajstić information content (AvgIpc) is 2.46. The summed E-state index contributed by atoms with van der Waals surface area (Å²) in [7, 11) is 0. The van der Waals surface area contributed by atoms with E-state index < -0.39 is 11.4 Å². The van der Waals surface area contributed by atoms with Gasteiger partial charge in [0.25, 0.3) is 0 Å². The highest BCUT2D eigenvalue weighted by molar-refractivity contribution is 5.75. The number of aliphatic carboxylic acids is 1. The van der Waals surface area contributed by atoms with Crippen LogP contribution in [0.25, 0.3) is 0 Å². The second kappa shape index (κ2) is 6.08. The van der Waals surface area contributed by atoms with Crippen LogP contribution < -0.4 is 6.15 Å². The first-order chi connectivity index (χ1) is 10.3. The molecular formula is C20H33NO2. The van der Waals surface area contributed by atoms with Crippen LogP contribution in [0.5, 0.6) is 0 Å². The summed E-state index contributed by atoms with van der Waals surface area (Å²) in [4.78, 5) is 11.9.